The lowest BCUT2D eigenvalue weighted by Gasteiger charge is -2.22. The number of rotatable bonds is 4. The molecule has 94 valence electrons. The van der Waals surface area contributed by atoms with Gasteiger partial charge in [-0.2, -0.15) is 0 Å². The highest BCUT2D eigenvalue weighted by Crippen LogP contribution is 2.44. The summed E-state index contributed by atoms with van der Waals surface area (Å²) in [5.74, 6) is 0.904. The van der Waals surface area contributed by atoms with E-state index in [1.807, 2.05) is 18.0 Å². The van der Waals surface area contributed by atoms with Gasteiger partial charge in [0.15, 0.2) is 5.96 Å². The molecule has 1 N–H and O–H groups in total. The number of hydrogen-bond acceptors (Lipinski definition) is 3. The zero-order chi connectivity index (χ0) is 12.3. The van der Waals surface area contributed by atoms with Crippen LogP contribution in [0.1, 0.15) is 25.5 Å². The lowest BCUT2D eigenvalue weighted by atomic mass is 10.1. The second-order valence-electron chi connectivity index (χ2n) is 5.06. The molecule has 1 aliphatic rings. The van der Waals surface area contributed by atoms with Crippen LogP contribution in [0.5, 0.6) is 0 Å². The minimum atomic E-state index is 0.477. The van der Waals surface area contributed by atoms with Crippen molar-refractivity contribution in [1.82, 2.24) is 15.4 Å². The van der Waals surface area contributed by atoms with Crippen LogP contribution in [0.4, 0.5) is 0 Å². The van der Waals surface area contributed by atoms with E-state index in [1.165, 1.54) is 12.8 Å². The molecule has 0 unspecified atom stereocenters. The third-order valence-corrected chi connectivity index (χ3v) is 3.24. The first-order valence-electron chi connectivity index (χ1n) is 5.94. The molecule has 0 saturated heterocycles. The van der Waals surface area contributed by atoms with Crippen LogP contribution in [0.3, 0.4) is 0 Å². The molecule has 17 heavy (non-hydrogen) atoms. The monoisotopic (exact) mass is 236 g/mol. The summed E-state index contributed by atoms with van der Waals surface area (Å²) in [5.41, 5.74) is 1.39. The van der Waals surface area contributed by atoms with Crippen LogP contribution in [0.25, 0.3) is 0 Å². The molecule has 0 aliphatic heterocycles. The molecule has 1 aromatic rings. The van der Waals surface area contributed by atoms with Crippen molar-refractivity contribution in [2.45, 2.75) is 26.3 Å². The number of aromatic nitrogens is 1. The summed E-state index contributed by atoms with van der Waals surface area (Å²) in [5, 5.41) is 7.30. The highest BCUT2D eigenvalue weighted by Gasteiger charge is 2.37. The minimum Gasteiger partial charge on any atom is -0.364 e. The Morgan fingerprint density at radius 3 is 2.94 bits per heavy atom. The lowest BCUT2D eigenvalue weighted by Crippen LogP contribution is -2.40. The molecular formula is C12H20N4O. The number of nitrogens with one attached hydrogen (secondary N) is 1. The van der Waals surface area contributed by atoms with Gasteiger partial charge < -0.3 is 14.7 Å². The van der Waals surface area contributed by atoms with Crippen LogP contribution in [-0.4, -0.2) is 36.7 Å². The third kappa shape index (κ3) is 3.22. The summed E-state index contributed by atoms with van der Waals surface area (Å²) in [6.07, 6.45) is 4.21. The topological polar surface area (TPSA) is 53.7 Å². The molecule has 0 atom stereocenters. The van der Waals surface area contributed by atoms with Gasteiger partial charge in [-0.05, 0) is 18.3 Å². The number of nitrogens with zero attached hydrogens (tertiary/aromatic N) is 3. The van der Waals surface area contributed by atoms with Crippen molar-refractivity contribution in [2.75, 3.05) is 20.6 Å². The van der Waals surface area contributed by atoms with Gasteiger partial charge in [0.2, 0.25) is 0 Å². The van der Waals surface area contributed by atoms with Crippen molar-refractivity contribution in [3.63, 3.8) is 0 Å². The normalized spacial score (nSPS) is 17.9. The molecule has 5 nitrogen and oxygen atoms in total. The van der Waals surface area contributed by atoms with Crippen LogP contribution in [-0.2, 0) is 6.54 Å². The fourth-order valence-electron chi connectivity index (χ4n) is 1.70. The van der Waals surface area contributed by atoms with Crippen LogP contribution in [0.15, 0.2) is 21.8 Å². The van der Waals surface area contributed by atoms with E-state index in [1.54, 1.807) is 13.3 Å². The number of guanidine groups is 1. The van der Waals surface area contributed by atoms with E-state index >= 15 is 0 Å². The zero-order valence-electron chi connectivity index (χ0n) is 10.7. The van der Waals surface area contributed by atoms with Gasteiger partial charge in [0.25, 0.3) is 0 Å². The molecule has 1 aliphatic carbocycles. The Morgan fingerprint density at radius 2 is 2.41 bits per heavy atom. The lowest BCUT2D eigenvalue weighted by molar-refractivity contribution is 0.389. The van der Waals surface area contributed by atoms with Gasteiger partial charge in [-0.3, -0.25) is 4.99 Å². The number of hydrogen-bond donors (Lipinski definition) is 1. The standard InChI is InChI=1S/C12H20N4O/c1-12(5-6-12)9-14-11(13-2)16(3)8-10-4-7-17-15-10/h4,7H,5-6,8-9H2,1-3H3,(H,13,14). The summed E-state index contributed by atoms with van der Waals surface area (Å²) in [6.45, 7) is 3.99. The van der Waals surface area contributed by atoms with Crippen LogP contribution in [0, 0.1) is 5.41 Å². The Bertz CT molecular complexity index is 381. The smallest absolute Gasteiger partial charge is 0.193 e. The van der Waals surface area contributed by atoms with Gasteiger partial charge in [-0.25, -0.2) is 0 Å². The fraction of sp³-hybridized carbons (Fsp3) is 0.667. The van der Waals surface area contributed by atoms with Crippen LogP contribution < -0.4 is 5.32 Å². The highest BCUT2D eigenvalue weighted by molar-refractivity contribution is 5.79. The molecule has 1 aromatic heterocycles. The second kappa shape index (κ2) is 4.77. The molecule has 0 amide bonds. The van der Waals surface area contributed by atoms with Crippen LogP contribution in [0.2, 0.25) is 0 Å². The van der Waals surface area contributed by atoms with Crippen molar-refractivity contribution in [3.05, 3.63) is 18.0 Å². The van der Waals surface area contributed by atoms with E-state index < -0.39 is 0 Å². The summed E-state index contributed by atoms with van der Waals surface area (Å²) in [6, 6.07) is 1.87. The van der Waals surface area contributed by atoms with E-state index in [0.29, 0.717) is 12.0 Å². The van der Waals surface area contributed by atoms with Crippen molar-refractivity contribution in [3.8, 4) is 0 Å². The van der Waals surface area contributed by atoms with Crippen LogP contribution >= 0.6 is 0 Å². The molecule has 0 aromatic carbocycles. The Labute approximate surface area is 102 Å². The van der Waals surface area contributed by atoms with E-state index in [4.69, 9.17) is 4.52 Å². The maximum Gasteiger partial charge on any atom is 0.193 e. The first kappa shape index (κ1) is 12.0. The number of aliphatic imine (C=N–C) groups is 1. The minimum absolute atomic E-state index is 0.477. The maximum absolute atomic E-state index is 4.82. The van der Waals surface area contributed by atoms with E-state index in [0.717, 1.165) is 18.2 Å². The van der Waals surface area contributed by atoms with E-state index in [9.17, 15) is 0 Å². The predicted molar refractivity (Wildman–Crippen MR) is 66.7 cm³/mol. The predicted octanol–water partition coefficient (Wildman–Crippen LogP) is 1.48. The molecule has 5 heteroatoms. The Hall–Kier alpha value is -1.52. The van der Waals surface area contributed by atoms with Gasteiger partial charge in [0.1, 0.15) is 12.0 Å². The molecule has 0 radical (unpaired) electrons. The molecule has 1 fully saturated rings. The largest absolute Gasteiger partial charge is 0.364 e. The Kier molecular flexibility index (Phi) is 3.36. The van der Waals surface area contributed by atoms with Gasteiger partial charge in [0, 0.05) is 26.7 Å². The van der Waals surface area contributed by atoms with Crippen molar-refractivity contribution < 1.29 is 4.52 Å². The SMILES string of the molecule is CN=C(NCC1(C)CC1)N(C)Cc1ccon1. The van der Waals surface area contributed by atoms with Crippen molar-refractivity contribution in [1.29, 1.82) is 0 Å². The maximum atomic E-state index is 4.82. The molecule has 1 heterocycles. The average Bonchev–Trinajstić information content (AvgIpc) is 2.82. The summed E-state index contributed by atoms with van der Waals surface area (Å²) in [7, 11) is 3.80. The molecule has 0 bridgehead atoms. The molecular weight excluding hydrogens is 216 g/mol. The third-order valence-electron chi connectivity index (χ3n) is 3.24. The Balaban J connectivity index is 1.84. The quantitative estimate of drug-likeness (QED) is 0.635. The summed E-state index contributed by atoms with van der Waals surface area (Å²) < 4.78 is 4.82. The Morgan fingerprint density at radius 1 is 1.65 bits per heavy atom. The van der Waals surface area contributed by atoms with E-state index in [-0.39, 0.29) is 0 Å². The zero-order valence-corrected chi connectivity index (χ0v) is 10.7. The average molecular weight is 236 g/mol. The van der Waals surface area contributed by atoms with Gasteiger partial charge in [0.05, 0.1) is 6.54 Å². The molecule has 1 saturated carbocycles. The van der Waals surface area contributed by atoms with Gasteiger partial charge in [-0.15, -0.1) is 0 Å². The summed E-state index contributed by atoms with van der Waals surface area (Å²) in [4.78, 5) is 6.32. The first-order chi connectivity index (χ1) is 8.13. The van der Waals surface area contributed by atoms with Crippen molar-refractivity contribution in [2.24, 2.45) is 10.4 Å². The molecule has 0 spiro atoms. The first-order valence-corrected chi connectivity index (χ1v) is 5.94. The van der Waals surface area contributed by atoms with Crippen molar-refractivity contribution >= 4 is 5.96 Å². The van der Waals surface area contributed by atoms with Gasteiger partial charge in [-0.1, -0.05) is 12.1 Å². The highest BCUT2D eigenvalue weighted by atomic mass is 16.5. The molecule has 2 rings (SSSR count). The second-order valence-corrected chi connectivity index (χ2v) is 5.06. The summed E-state index contributed by atoms with van der Waals surface area (Å²) >= 11 is 0. The fourth-order valence-corrected chi connectivity index (χ4v) is 1.70. The van der Waals surface area contributed by atoms with E-state index in [2.05, 4.69) is 22.4 Å². The van der Waals surface area contributed by atoms with Gasteiger partial charge >= 0.3 is 0 Å².